The second-order valence-electron chi connectivity index (χ2n) is 6.63. The fourth-order valence-corrected chi connectivity index (χ4v) is 3.05. The van der Waals surface area contributed by atoms with Gasteiger partial charge in [0.15, 0.2) is 5.82 Å². The number of rotatable bonds is 5. The van der Waals surface area contributed by atoms with E-state index in [1.54, 1.807) is 25.4 Å². The summed E-state index contributed by atoms with van der Waals surface area (Å²) in [5.41, 5.74) is -1.49. The predicted molar refractivity (Wildman–Crippen MR) is 93.8 cm³/mol. The Kier molecular flexibility index (Phi) is 4.73. The highest BCUT2D eigenvalue weighted by atomic mass is 19.4. The van der Waals surface area contributed by atoms with Crippen LogP contribution in [0, 0.1) is 0 Å². The van der Waals surface area contributed by atoms with E-state index < -0.39 is 29.3 Å². The molecule has 1 aliphatic carbocycles. The van der Waals surface area contributed by atoms with Crippen LogP contribution in [-0.2, 0) is 6.18 Å². The van der Waals surface area contributed by atoms with Crippen LogP contribution < -0.4 is 0 Å². The number of halogens is 3. The van der Waals surface area contributed by atoms with E-state index in [2.05, 4.69) is 25.0 Å². The lowest BCUT2D eigenvalue weighted by Crippen LogP contribution is -2.37. The van der Waals surface area contributed by atoms with E-state index in [1.807, 2.05) is 0 Å². The first-order chi connectivity index (χ1) is 13.9. The number of alkyl halides is 3. The largest absolute Gasteiger partial charge is 0.418 e. The van der Waals surface area contributed by atoms with Crippen molar-refractivity contribution in [1.82, 2.24) is 34.6 Å². The molecule has 1 fully saturated rings. The van der Waals surface area contributed by atoms with Gasteiger partial charge in [0.25, 0.3) is 11.9 Å². The molecule has 11 heteroatoms. The van der Waals surface area contributed by atoms with Gasteiger partial charge in [-0.05, 0) is 31.9 Å². The van der Waals surface area contributed by atoms with Gasteiger partial charge in [-0.3, -0.25) is 9.78 Å². The highest BCUT2D eigenvalue weighted by molar-refractivity contribution is 5.96. The molecule has 0 aliphatic heterocycles. The van der Waals surface area contributed by atoms with E-state index in [0.717, 1.165) is 6.07 Å². The Balaban J connectivity index is 1.66. The van der Waals surface area contributed by atoms with Crippen LogP contribution in [0.15, 0.2) is 43.2 Å². The summed E-state index contributed by atoms with van der Waals surface area (Å²) in [4.78, 5) is 30.4. The molecule has 0 N–H and O–H groups in total. The second-order valence-corrected chi connectivity index (χ2v) is 6.63. The molecule has 0 aromatic carbocycles. The van der Waals surface area contributed by atoms with Gasteiger partial charge >= 0.3 is 6.18 Å². The SMILES string of the molecule is CC(c1ncn(-c2ncccn2)n1)N(C(=O)c1ccncc1C(F)(F)F)C1CC1. The number of nitrogens with zero attached hydrogens (tertiary/aromatic N) is 7. The first kappa shape index (κ1) is 19.0. The molecule has 0 radical (unpaired) electrons. The number of carbonyl (C=O) groups is 1. The molecule has 0 bridgehead atoms. The van der Waals surface area contributed by atoms with Gasteiger partial charge in [0, 0.05) is 30.8 Å². The summed E-state index contributed by atoms with van der Waals surface area (Å²) in [5, 5.41) is 4.31. The third-order valence-electron chi connectivity index (χ3n) is 4.59. The molecule has 3 heterocycles. The lowest BCUT2D eigenvalue weighted by Gasteiger charge is -2.28. The Bertz CT molecular complexity index is 1020. The predicted octanol–water partition coefficient (Wildman–Crippen LogP) is 2.84. The standard InChI is InChI=1S/C18H16F3N7O/c1-11(15-25-10-27(26-15)17-23-6-2-7-24-17)28(12-3-4-12)16(29)13-5-8-22-9-14(13)18(19,20)21/h2,5-12H,3-4H2,1H3. The molecule has 8 nitrogen and oxygen atoms in total. The fourth-order valence-electron chi connectivity index (χ4n) is 3.05. The number of carbonyl (C=O) groups excluding carboxylic acids is 1. The Morgan fingerprint density at radius 3 is 2.59 bits per heavy atom. The summed E-state index contributed by atoms with van der Waals surface area (Å²) < 4.78 is 41.4. The van der Waals surface area contributed by atoms with Gasteiger partial charge in [0.05, 0.1) is 17.2 Å². The molecule has 4 rings (SSSR count). The summed E-state index contributed by atoms with van der Waals surface area (Å²) in [6.45, 7) is 1.69. The minimum absolute atomic E-state index is 0.160. The topological polar surface area (TPSA) is 89.7 Å². The number of aromatic nitrogens is 6. The molecule has 150 valence electrons. The zero-order valence-corrected chi connectivity index (χ0v) is 15.3. The maximum absolute atomic E-state index is 13.4. The molecule has 1 atom stereocenters. The van der Waals surface area contributed by atoms with Crippen LogP contribution in [0.1, 0.15) is 47.6 Å². The van der Waals surface area contributed by atoms with Crippen LogP contribution in [0.2, 0.25) is 0 Å². The normalized spacial score (nSPS) is 15.2. The second kappa shape index (κ2) is 7.22. The van der Waals surface area contributed by atoms with Gasteiger partial charge in [-0.1, -0.05) is 0 Å². The molecule has 29 heavy (non-hydrogen) atoms. The van der Waals surface area contributed by atoms with E-state index in [1.165, 1.54) is 22.1 Å². The molecular formula is C18H16F3N7O. The van der Waals surface area contributed by atoms with Crippen molar-refractivity contribution in [2.24, 2.45) is 0 Å². The molecule has 1 amide bonds. The van der Waals surface area contributed by atoms with Crippen molar-refractivity contribution >= 4 is 5.91 Å². The average molecular weight is 403 g/mol. The molecule has 1 unspecified atom stereocenters. The van der Waals surface area contributed by atoms with Gasteiger partial charge in [-0.2, -0.15) is 17.9 Å². The number of amides is 1. The first-order valence-electron chi connectivity index (χ1n) is 8.89. The quantitative estimate of drug-likeness (QED) is 0.651. The first-order valence-corrected chi connectivity index (χ1v) is 8.89. The summed E-state index contributed by atoms with van der Waals surface area (Å²) in [7, 11) is 0. The van der Waals surface area contributed by atoms with Crippen LogP contribution in [0.25, 0.3) is 5.95 Å². The van der Waals surface area contributed by atoms with Crippen LogP contribution in [0.5, 0.6) is 0 Å². The Labute approximate surface area is 163 Å². The van der Waals surface area contributed by atoms with Crippen molar-refractivity contribution < 1.29 is 18.0 Å². The highest BCUT2D eigenvalue weighted by Gasteiger charge is 2.42. The Hall–Kier alpha value is -3.37. The van der Waals surface area contributed by atoms with Crippen LogP contribution >= 0.6 is 0 Å². The molecule has 0 spiro atoms. The molecule has 3 aromatic rings. The molecule has 0 saturated heterocycles. The minimum Gasteiger partial charge on any atom is -0.326 e. The molecule has 1 aliphatic rings. The number of hydrogen-bond donors (Lipinski definition) is 0. The van der Waals surface area contributed by atoms with E-state index in [-0.39, 0.29) is 6.04 Å². The lowest BCUT2D eigenvalue weighted by molar-refractivity contribution is -0.138. The third kappa shape index (κ3) is 3.80. The lowest BCUT2D eigenvalue weighted by atomic mass is 10.1. The molecular weight excluding hydrogens is 387 g/mol. The van der Waals surface area contributed by atoms with Gasteiger partial charge in [0.1, 0.15) is 6.33 Å². The maximum atomic E-state index is 13.4. The smallest absolute Gasteiger partial charge is 0.326 e. The molecule has 1 saturated carbocycles. The maximum Gasteiger partial charge on any atom is 0.418 e. The Morgan fingerprint density at radius 1 is 1.21 bits per heavy atom. The third-order valence-corrected chi connectivity index (χ3v) is 4.59. The monoisotopic (exact) mass is 403 g/mol. The Morgan fingerprint density at radius 2 is 1.93 bits per heavy atom. The van der Waals surface area contributed by atoms with Crippen molar-refractivity contribution in [1.29, 1.82) is 0 Å². The fraction of sp³-hybridized carbons (Fsp3) is 0.333. The summed E-state index contributed by atoms with van der Waals surface area (Å²) >= 11 is 0. The van der Waals surface area contributed by atoms with E-state index in [4.69, 9.17) is 0 Å². The zero-order valence-electron chi connectivity index (χ0n) is 15.3. The van der Waals surface area contributed by atoms with Gasteiger partial charge in [-0.25, -0.2) is 15.0 Å². The number of hydrogen-bond acceptors (Lipinski definition) is 6. The van der Waals surface area contributed by atoms with Crippen LogP contribution in [0.3, 0.4) is 0 Å². The summed E-state index contributed by atoms with van der Waals surface area (Å²) in [6.07, 6.45) is 3.10. The van der Waals surface area contributed by atoms with Crippen molar-refractivity contribution in [2.45, 2.75) is 38.0 Å². The van der Waals surface area contributed by atoms with Crippen LogP contribution in [-0.4, -0.2) is 46.6 Å². The summed E-state index contributed by atoms with van der Waals surface area (Å²) in [6, 6.07) is 1.96. The zero-order chi connectivity index (χ0) is 20.6. The van der Waals surface area contributed by atoms with Crippen molar-refractivity contribution in [3.05, 3.63) is 60.2 Å². The van der Waals surface area contributed by atoms with E-state index >= 15 is 0 Å². The van der Waals surface area contributed by atoms with Gasteiger partial charge in [-0.15, -0.1) is 5.10 Å². The average Bonchev–Trinajstić information content (AvgIpc) is 3.42. The van der Waals surface area contributed by atoms with Gasteiger partial charge in [0.2, 0.25) is 0 Å². The van der Waals surface area contributed by atoms with E-state index in [9.17, 15) is 18.0 Å². The molecule has 3 aromatic heterocycles. The van der Waals surface area contributed by atoms with Crippen molar-refractivity contribution in [3.63, 3.8) is 0 Å². The number of pyridine rings is 1. The van der Waals surface area contributed by atoms with Crippen LogP contribution in [0.4, 0.5) is 13.2 Å². The van der Waals surface area contributed by atoms with Gasteiger partial charge < -0.3 is 4.90 Å². The van der Waals surface area contributed by atoms with Crippen molar-refractivity contribution in [2.75, 3.05) is 0 Å². The highest BCUT2D eigenvalue weighted by Crippen LogP contribution is 2.37. The van der Waals surface area contributed by atoms with Crippen molar-refractivity contribution in [3.8, 4) is 5.95 Å². The summed E-state index contributed by atoms with van der Waals surface area (Å²) in [5.74, 6) is -0.126. The van der Waals surface area contributed by atoms with E-state index in [0.29, 0.717) is 30.8 Å². The minimum atomic E-state index is -4.68.